The minimum Gasteiger partial charge on any atom is -0.480 e. The molecule has 0 amide bonds. The molecule has 1 atom stereocenters. The zero-order chi connectivity index (χ0) is 48.4. The Labute approximate surface area is 389 Å². The number of nitrogens with zero attached hydrogens (tertiary/aromatic N) is 2. The standard InChI is InChI=1S/C46H84N2O16S/c1-3-5-7-9-11-13-15-17-19-21-23-25-27-29-31-33-44(55)61-63-65(58,59)64-62-46(57)40(32-30-28-26-24-22-20-18-16-14-12-10-8-6-4-2)60-45(56)39-48(38-43(53)54)35-34-47(36-41(49)50)37-42(51)52/h40H,3-39H2,1-2H3,(H,49,50)(H,51,52)(H,53,54). The maximum Gasteiger partial charge on any atom is 0.471 e. The van der Waals surface area contributed by atoms with Gasteiger partial charge in [-0.3, -0.25) is 38.8 Å². The first-order valence-electron chi connectivity index (χ1n) is 24.5. The summed E-state index contributed by atoms with van der Waals surface area (Å²) in [5.74, 6) is -7.49. The number of hydrogen-bond acceptors (Lipinski definition) is 15. The van der Waals surface area contributed by atoms with Crippen LogP contribution in [-0.4, -0.2) is 115 Å². The monoisotopic (exact) mass is 953 g/mol. The fourth-order valence-corrected chi connectivity index (χ4v) is 7.65. The largest absolute Gasteiger partial charge is 0.480 e. The molecule has 1 unspecified atom stereocenters. The van der Waals surface area contributed by atoms with E-state index in [0.717, 1.165) is 61.2 Å². The first-order chi connectivity index (χ1) is 31.2. The number of ether oxygens (including phenoxy) is 1. The van der Waals surface area contributed by atoms with E-state index in [1.807, 2.05) is 0 Å². The summed E-state index contributed by atoms with van der Waals surface area (Å²) in [4.78, 5) is 82.9. The van der Waals surface area contributed by atoms with E-state index in [2.05, 4.69) is 32.3 Å². The second-order valence-electron chi connectivity index (χ2n) is 17.1. The van der Waals surface area contributed by atoms with E-state index >= 15 is 0 Å². The summed E-state index contributed by atoms with van der Waals surface area (Å²) in [6.45, 7) is 1.19. The summed E-state index contributed by atoms with van der Waals surface area (Å²) in [5.41, 5.74) is 0. The van der Waals surface area contributed by atoms with Crippen molar-refractivity contribution in [2.24, 2.45) is 0 Å². The smallest absolute Gasteiger partial charge is 0.471 e. The molecule has 0 aromatic heterocycles. The van der Waals surface area contributed by atoms with Gasteiger partial charge in [0.25, 0.3) is 0 Å². The molecular formula is C46H84N2O16S. The lowest BCUT2D eigenvalue weighted by Crippen LogP contribution is -2.44. The Bertz CT molecular complexity index is 1370. The zero-order valence-electron chi connectivity index (χ0n) is 39.7. The van der Waals surface area contributed by atoms with Crippen molar-refractivity contribution in [3.63, 3.8) is 0 Å². The average molecular weight is 953 g/mol. The van der Waals surface area contributed by atoms with E-state index in [1.165, 1.54) is 116 Å². The first-order valence-corrected chi connectivity index (χ1v) is 25.9. The third-order valence-electron chi connectivity index (χ3n) is 10.9. The molecule has 18 nitrogen and oxygen atoms in total. The normalized spacial score (nSPS) is 12.1. The fourth-order valence-electron chi connectivity index (χ4n) is 7.31. The van der Waals surface area contributed by atoms with Gasteiger partial charge in [0, 0.05) is 19.5 Å². The number of unbranched alkanes of at least 4 members (excludes halogenated alkanes) is 27. The van der Waals surface area contributed by atoms with Crippen molar-refractivity contribution in [1.82, 2.24) is 9.80 Å². The molecule has 0 aromatic carbocycles. The fraction of sp³-hybridized carbons (Fsp3) is 0.870. The second kappa shape index (κ2) is 42.0. The Morgan fingerprint density at radius 2 is 0.754 bits per heavy atom. The number of carbonyl (C=O) groups is 6. The van der Waals surface area contributed by atoms with Crippen LogP contribution >= 0.6 is 0 Å². The number of hydrogen-bond donors (Lipinski definition) is 3. The number of rotatable bonds is 48. The number of aliphatic carboxylic acids is 3. The summed E-state index contributed by atoms with van der Waals surface area (Å²) in [6, 6.07) is 0. The maximum atomic E-state index is 13.0. The van der Waals surface area contributed by atoms with Gasteiger partial charge in [-0.25, -0.2) is 9.59 Å². The van der Waals surface area contributed by atoms with Crippen LogP contribution in [0.15, 0.2) is 0 Å². The van der Waals surface area contributed by atoms with Crippen LogP contribution in [0, 0.1) is 0 Å². The summed E-state index contributed by atoms with van der Waals surface area (Å²) in [6.07, 6.45) is 30.1. The van der Waals surface area contributed by atoms with Gasteiger partial charge < -0.3 is 20.1 Å². The molecule has 0 aliphatic heterocycles. The van der Waals surface area contributed by atoms with E-state index in [0.29, 0.717) is 19.3 Å². The molecule has 3 N–H and O–H groups in total. The van der Waals surface area contributed by atoms with Crippen molar-refractivity contribution in [3.05, 3.63) is 0 Å². The van der Waals surface area contributed by atoms with Crippen LogP contribution in [0.4, 0.5) is 0 Å². The van der Waals surface area contributed by atoms with Gasteiger partial charge in [0.05, 0.1) is 26.2 Å². The minimum absolute atomic E-state index is 0.106. The lowest BCUT2D eigenvalue weighted by molar-refractivity contribution is -0.250. The van der Waals surface area contributed by atoms with Crippen LogP contribution in [0.3, 0.4) is 0 Å². The van der Waals surface area contributed by atoms with Crippen LogP contribution in [0.5, 0.6) is 0 Å². The molecule has 0 rings (SSSR count). The lowest BCUT2D eigenvalue weighted by Gasteiger charge is -2.24. The molecule has 0 aliphatic carbocycles. The van der Waals surface area contributed by atoms with Gasteiger partial charge >= 0.3 is 46.2 Å². The summed E-state index contributed by atoms with van der Waals surface area (Å²) in [5, 5.41) is 27.6. The molecule has 0 aliphatic rings. The predicted molar refractivity (Wildman–Crippen MR) is 243 cm³/mol. The number of esters is 1. The van der Waals surface area contributed by atoms with Crippen molar-refractivity contribution in [1.29, 1.82) is 0 Å². The molecule has 0 radical (unpaired) electrons. The van der Waals surface area contributed by atoms with Gasteiger partial charge in [-0.1, -0.05) is 187 Å². The molecule has 0 bridgehead atoms. The summed E-state index contributed by atoms with van der Waals surface area (Å²) < 4.78 is 38.1. The molecule has 19 heteroatoms. The van der Waals surface area contributed by atoms with Gasteiger partial charge in [-0.05, 0) is 27.9 Å². The Balaban J connectivity index is 4.98. The van der Waals surface area contributed by atoms with Gasteiger partial charge in [0.15, 0.2) is 0 Å². The zero-order valence-corrected chi connectivity index (χ0v) is 40.5. The van der Waals surface area contributed by atoms with Crippen molar-refractivity contribution in [3.8, 4) is 0 Å². The quantitative estimate of drug-likeness (QED) is 0.0222. The molecule has 65 heavy (non-hydrogen) atoms. The molecule has 0 heterocycles. The van der Waals surface area contributed by atoms with E-state index in [1.54, 1.807) is 0 Å². The molecule has 0 spiro atoms. The van der Waals surface area contributed by atoms with Gasteiger partial charge in [0.1, 0.15) is 0 Å². The summed E-state index contributed by atoms with van der Waals surface area (Å²) in [7, 11) is -5.20. The van der Waals surface area contributed by atoms with E-state index in [9.17, 15) is 42.3 Å². The van der Waals surface area contributed by atoms with Gasteiger partial charge in [-0.15, -0.1) is 0 Å². The van der Waals surface area contributed by atoms with Crippen molar-refractivity contribution in [2.45, 2.75) is 219 Å². The van der Waals surface area contributed by atoms with Crippen molar-refractivity contribution in [2.75, 3.05) is 39.3 Å². The number of carboxylic acid groups (broad SMARTS) is 3. The van der Waals surface area contributed by atoms with Crippen LogP contribution in [-0.2, 0) is 62.3 Å². The Hall–Kier alpha value is -3.39. The van der Waals surface area contributed by atoms with E-state index in [-0.39, 0.29) is 25.9 Å². The topological polar surface area (TPSA) is 250 Å². The first kappa shape index (κ1) is 61.6. The Kier molecular flexibility index (Phi) is 39.8. The number of carboxylic acids is 3. The van der Waals surface area contributed by atoms with Gasteiger partial charge in [-0.2, -0.15) is 8.42 Å². The van der Waals surface area contributed by atoms with Crippen molar-refractivity contribution >= 4 is 46.2 Å². The van der Waals surface area contributed by atoms with Crippen molar-refractivity contribution < 1.29 is 75.7 Å². The molecule has 0 aromatic rings. The molecule has 0 saturated heterocycles. The van der Waals surface area contributed by atoms with Crippen LogP contribution in [0.25, 0.3) is 0 Å². The molecule has 0 fully saturated rings. The highest BCUT2D eigenvalue weighted by Crippen LogP contribution is 2.17. The number of carbonyl (C=O) groups excluding carboxylic acids is 3. The second-order valence-corrected chi connectivity index (χ2v) is 18.2. The molecular weight excluding hydrogens is 869 g/mol. The minimum atomic E-state index is -5.20. The highest BCUT2D eigenvalue weighted by molar-refractivity contribution is 7.81. The van der Waals surface area contributed by atoms with Crippen LogP contribution in [0.2, 0.25) is 0 Å². The Morgan fingerprint density at radius 3 is 1.12 bits per heavy atom. The van der Waals surface area contributed by atoms with Gasteiger partial charge in [0.2, 0.25) is 6.10 Å². The molecule has 380 valence electrons. The highest BCUT2D eigenvalue weighted by atomic mass is 32.3. The van der Waals surface area contributed by atoms with Crippen LogP contribution < -0.4 is 0 Å². The SMILES string of the molecule is CCCCCCCCCCCCCCCCCC(=O)OOS(=O)(=O)OOC(=O)C(CCCCCCCCCCCCCCCC)OC(=O)CN(CCN(CC(=O)O)CC(=O)O)CC(=O)O. The molecule has 0 saturated carbocycles. The van der Waals surface area contributed by atoms with Crippen LogP contribution in [0.1, 0.15) is 213 Å². The predicted octanol–water partition coefficient (Wildman–Crippen LogP) is 9.08. The summed E-state index contributed by atoms with van der Waals surface area (Å²) >= 11 is 0. The maximum absolute atomic E-state index is 13.0. The lowest BCUT2D eigenvalue weighted by atomic mass is 10.0. The van der Waals surface area contributed by atoms with E-state index in [4.69, 9.17) is 14.9 Å². The third-order valence-corrected chi connectivity index (χ3v) is 11.4. The Morgan fingerprint density at radius 1 is 0.431 bits per heavy atom. The highest BCUT2D eigenvalue weighted by Gasteiger charge is 2.30. The average Bonchev–Trinajstić information content (AvgIpc) is 3.24. The van der Waals surface area contributed by atoms with E-state index < -0.39 is 78.5 Å². The third kappa shape index (κ3) is 41.8.